The van der Waals surface area contributed by atoms with Gasteiger partial charge in [0.25, 0.3) is 5.91 Å². The molecule has 1 saturated heterocycles. The lowest BCUT2D eigenvalue weighted by Crippen LogP contribution is -2.49. The lowest BCUT2D eigenvalue weighted by atomic mass is 10.1. The Morgan fingerprint density at radius 1 is 0.912 bits per heavy atom. The largest absolute Gasteiger partial charge is 0.497 e. The fourth-order valence-electron chi connectivity index (χ4n) is 4.01. The quantitative estimate of drug-likeness (QED) is 0.481. The summed E-state index contributed by atoms with van der Waals surface area (Å²) in [5.41, 5.74) is 1.94. The number of carbonyl (C=O) groups is 1. The Balaban J connectivity index is 1.45. The van der Waals surface area contributed by atoms with E-state index in [-0.39, 0.29) is 18.3 Å². The first kappa shape index (κ1) is 23.4. The summed E-state index contributed by atoms with van der Waals surface area (Å²) >= 11 is 0. The molecule has 4 rings (SSSR count). The van der Waals surface area contributed by atoms with E-state index >= 15 is 0 Å². The predicted octanol–water partition coefficient (Wildman–Crippen LogP) is 4.77. The van der Waals surface area contributed by atoms with Gasteiger partial charge in [0, 0.05) is 43.4 Å². The molecule has 0 saturated carbocycles. The molecule has 0 atom stereocenters. The number of hydrogen-bond acceptors (Lipinski definition) is 5. The summed E-state index contributed by atoms with van der Waals surface area (Å²) < 4.78 is 31.1. The normalized spacial score (nSPS) is 13.5. The highest BCUT2D eigenvalue weighted by Gasteiger charge is 2.24. The van der Waals surface area contributed by atoms with E-state index in [1.807, 2.05) is 54.3 Å². The molecule has 3 aromatic rings. The molecule has 1 amide bonds. The third kappa shape index (κ3) is 5.42. The molecule has 0 radical (unpaired) electrons. The number of carbonyl (C=O) groups excluding carboxylic acids is 1. The van der Waals surface area contributed by atoms with Gasteiger partial charge in [0.2, 0.25) is 0 Å². The van der Waals surface area contributed by atoms with Gasteiger partial charge >= 0.3 is 0 Å². The third-order valence-electron chi connectivity index (χ3n) is 5.80. The average Bonchev–Trinajstić information content (AvgIpc) is 2.88. The zero-order valence-electron chi connectivity index (χ0n) is 19.5. The molecule has 7 heteroatoms. The van der Waals surface area contributed by atoms with Gasteiger partial charge in [-0.1, -0.05) is 18.2 Å². The second-order valence-corrected chi connectivity index (χ2v) is 7.95. The van der Waals surface area contributed by atoms with E-state index in [1.165, 1.54) is 6.07 Å². The lowest BCUT2D eigenvalue weighted by molar-refractivity contribution is 0.0746. The van der Waals surface area contributed by atoms with Crippen LogP contribution in [-0.2, 0) is 6.61 Å². The standard InChI is InChI=1S/C27H29FN2O4/c1-3-33-26-12-11-20(17-21(26)19-34-23-8-6-7-22(18-23)32-2)27(31)30-15-13-29(14-16-30)25-10-5-4-9-24(25)28/h4-12,17-18H,3,13-16,19H2,1-2H3. The number of nitrogens with zero attached hydrogens (tertiary/aromatic N) is 2. The van der Waals surface area contributed by atoms with Crippen molar-refractivity contribution in [1.82, 2.24) is 4.90 Å². The molecule has 0 aliphatic carbocycles. The van der Waals surface area contributed by atoms with Crippen molar-refractivity contribution in [3.05, 3.63) is 83.7 Å². The van der Waals surface area contributed by atoms with Crippen LogP contribution in [0.15, 0.2) is 66.7 Å². The SMILES string of the molecule is CCOc1ccc(C(=O)N2CCN(c3ccccc3F)CC2)cc1COc1cccc(OC)c1. The van der Waals surface area contributed by atoms with E-state index in [9.17, 15) is 9.18 Å². The summed E-state index contributed by atoms with van der Waals surface area (Å²) in [7, 11) is 1.61. The first-order valence-corrected chi connectivity index (χ1v) is 11.4. The number of hydrogen-bond donors (Lipinski definition) is 0. The Bertz CT molecular complexity index is 1130. The average molecular weight is 465 g/mol. The molecule has 0 aromatic heterocycles. The number of methoxy groups -OCH3 is 1. The van der Waals surface area contributed by atoms with Crippen molar-refractivity contribution in [3.8, 4) is 17.2 Å². The Morgan fingerprint density at radius 2 is 1.68 bits per heavy atom. The lowest BCUT2D eigenvalue weighted by Gasteiger charge is -2.36. The van der Waals surface area contributed by atoms with Gasteiger partial charge in [0.05, 0.1) is 19.4 Å². The van der Waals surface area contributed by atoms with Gasteiger partial charge in [-0.25, -0.2) is 4.39 Å². The van der Waals surface area contributed by atoms with Crippen LogP contribution in [0.2, 0.25) is 0 Å². The topological polar surface area (TPSA) is 51.2 Å². The van der Waals surface area contributed by atoms with Crippen LogP contribution < -0.4 is 19.1 Å². The molecule has 0 spiro atoms. The summed E-state index contributed by atoms with van der Waals surface area (Å²) in [5, 5.41) is 0. The molecule has 1 heterocycles. The molecule has 1 aliphatic rings. The summed E-state index contributed by atoms with van der Waals surface area (Å²) in [5.74, 6) is 1.77. The van der Waals surface area contributed by atoms with E-state index in [4.69, 9.17) is 14.2 Å². The molecule has 178 valence electrons. The number of benzene rings is 3. The Morgan fingerprint density at radius 3 is 2.41 bits per heavy atom. The first-order chi connectivity index (χ1) is 16.6. The third-order valence-corrected chi connectivity index (χ3v) is 5.80. The van der Waals surface area contributed by atoms with E-state index in [0.29, 0.717) is 61.3 Å². The van der Waals surface area contributed by atoms with Gasteiger partial charge in [-0.15, -0.1) is 0 Å². The fraction of sp³-hybridized carbons (Fsp3) is 0.296. The molecule has 1 aliphatic heterocycles. The van der Waals surface area contributed by atoms with Crippen molar-refractivity contribution in [1.29, 1.82) is 0 Å². The second-order valence-electron chi connectivity index (χ2n) is 7.95. The maximum absolute atomic E-state index is 14.1. The van der Waals surface area contributed by atoms with Crippen LogP contribution in [-0.4, -0.2) is 50.7 Å². The van der Waals surface area contributed by atoms with Gasteiger partial charge < -0.3 is 24.0 Å². The van der Waals surface area contributed by atoms with Gasteiger partial charge in [-0.2, -0.15) is 0 Å². The molecule has 3 aromatic carbocycles. The maximum atomic E-state index is 14.1. The number of anilines is 1. The van der Waals surface area contributed by atoms with Crippen molar-refractivity contribution >= 4 is 11.6 Å². The minimum absolute atomic E-state index is 0.0566. The van der Waals surface area contributed by atoms with Gasteiger partial charge in [-0.05, 0) is 49.4 Å². The van der Waals surface area contributed by atoms with E-state index in [1.54, 1.807) is 30.2 Å². The molecule has 0 unspecified atom stereocenters. The zero-order valence-corrected chi connectivity index (χ0v) is 19.5. The highest BCUT2D eigenvalue weighted by Crippen LogP contribution is 2.26. The highest BCUT2D eigenvalue weighted by molar-refractivity contribution is 5.94. The van der Waals surface area contributed by atoms with Crippen molar-refractivity contribution in [3.63, 3.8) is 0 Å². The van der Waals surface area contributed by atoms with Crippen molar-refractivity contribution in [2.45, 2.75) is 13.5 Å². The van der Waals surface area contributed by atoms with Crippen LogP contribution in [0.1, 0.15) is 22.8 Å². The molecular weight excluding hydrogens is 435 g/mol. The Hall–Kier alpha value is -3.74. The zero-order chi connectivity index (χ0) is 23.9. The molecule has 0 bridgehead atoms. The van der Waals surface area contributed by atoms with Crippen LogP contribution in [0.25, 0.3) is 0 Å². The van der Waals surface area contributed by atoms with Crippen molar-refractivity contribution in [2.24, 2.45) is 0 Å². The van der Waals surface area contributed by atoms with Crippen LogP contribution >= 0.6 is 0 Å². The molecule has 0 N–H and O–H groups in total. The van der Waals surface area contributed by atoms with Gasteiger partial charge in [0.15, 0.2) is 0 Å². The number of para-hydroxylation sites is 1. The van der Waals surface area contributed by atoms with Crippen LogP contribution in [0, 0.1) is 5.82 Å². The number of amides is 1. The summed E-state index contributed by atoms with van der Waals surface area (Å²) in [6, 6.07) is 19.5. The highest BCUT2D eigenvalue weighted by atomic mass is 19.1. The van der Waals surface area contributed by atoms with E-state index < -0.39 is 0 Å². The number of ether oxygens (including phenoxy) is 3. The smallest absolute Gasteiger partial charge is 0.253 e. The molecule has 1 fully saturated rings. The minimum atomic E-state index is -0.241. The van der Waals surface area contributed by atoms with Gasteiger partial charge in [-0.3, -0.25) is 4.79 Å². The molecular formula is C27H29FN2O4. The van der Waals surface area contributed by atoms with E-state index in [2.05, 4.69) is 0 Å². The van der Waals surface area contributed by atoms with Crippen molar-refractivity contribution < 1.29 is 23.4 Å². The van der Waals surface area contributed by atoms with Crippen LogP contribution in [0.5, 0.6) is 17.2 Å². The summed E-state index contributed by atoms with van der Waals surface area (Å²) in [6.45, 7) is 4.89. The Labute approximate surface area is 199 Å². The van der Waals surface area contributed by atoms with Crippen LogP contribution in [0.3, 0.4) is 0 Å². The van der Waals surface area contributed by atoms with Crippen molar-refractivity contribution in [2.75, 3.05) is 44.8 Å². The summed E-state index contributed by atoms with van der Waals surface area (Å²) in [4.78, 5) is 17.0. The predicted molar refractivity (Wildman–Crippen MR) is 129 cm³/mol. The first-order valence-electron chi connectivity index (χ1n) is 11.4. The minimum Gasteiger partial charge on any atom is -0.497 e. The van der Waals surface area contributed by atoms with E-state index in [0.717, 1.165) is 5.56 Å². The Kier molecular flexibility index (Phi) is 7.52. The fourth-order valence-corrected chi connectivity index (χ4v) is 4.01. The molecule has 34 heavy (non-hydrogen) atoms. The monoisotopic (exact) mass is 464 g/mol. The number of piperazine rings is 1. The number of halogens is 1. The number of rotatable bonds is 8. The van der Waals surface area contributed by atoms with Gasteiger partial charge in [0.1, 0.15) is 29.7 Å². The van der Waals surface area contributed by atoms with Crippen LogP contribution in [0.4, 0.5) is 10.1 Å². The molecule has 6 nitrogen and oxygen atoms in total. The maximum Gasteiger partial charge on any atom is 0.253 e. The second kappa shape index (κ2) is 10.9. The summed E-state index contributed by atoms with van der Waals surface area (Å²) in [6.07, 6.45) is 0.